The highest BCUT2D eigenvalue weighted by atomic mass is 16.2. The Morgan fingerprint density at radius 2 is 1.95 bits per heavy atom. The molecule has 2 N–H and O–H groups in total. The Kier molecular flexibility index (Phi) is 3.08. The van der Waals surface area contributed by atoms with Crippen LogP contribution >= 0.6 is 0 Å². The molecule has 0 aromatic carbocycles. The number of aryl methyl sites for hydroxylation is 3. The number of anilines is 1. The third-order valence-electron chi connectivity index (χ3n) is 3.61. The number of hydrogen-bond acceptors (Lipinski definition) is 6. The number of H-pyrrole nitrogens is 1. The number of aromatic amines is 1. The van der Waals surface area contributed by atoms with E-state index in [1.165, 1.54) is 4.57 Å². The van der Waals surface area contributed by atoms with Crippen molar-refractivity contribution in [3.8, 4) is 0 Å². The minimum atomic E-state index is -0.497. The van der Waals surface area contributed by atoms with Crippen molar-refractivity contribution < 1.29 is 0 Å². The van der Waals surface area contributed by atoms with Crippen molar-refractivity contribution in [1.29, 1.82) is 0 Å². The topological polar surface area (TPSA) is 115 Å². The molecular formula is C12H16N8O2. The molecule has 10 heteroatoms. The number of aromatic nitrogens is 7. The number of fused-ring (bicyclic) bond motifs is 1. The van der Waals surface area contributed by atoms with Crippen LogP contribution in [0.2, 0.25) is 0 Å². The van der Waals surface area contributed by atoms with Gasteiger partial charge in [-0.2, -0.15) is 4.98 Å². The highest BCUT2D eigenvalue weighted by Crippen LogP contribution is 2.18. The SMILES string of the molecule is CC(Nc1nc2c(c(=O)[nH]c(=O)n2C)n1C)c1nncn1C. The maximum Gasteiger partial charge on any atom is 0.329 e. The molecule has 0 aliphatic rings. The first-order valence-corrected chi connectivity index (χ1v) is 6.66. The van der Waals surface area contributed by atoms with Crippen LogP contribution in [0, 0.1) is 0 Å². The summed E-state index contributed by atoms with van der Waals surface area (Å²) in [5.41, 5.74) is -0.311. The molecule has 3 aromatic heterocycles. The standard InChI is InChI=1S/C12H16N8O2/c1-6(8-17-13-5-18(8)2)14-11-15-9-7(19(11)3)10(21)16-12(22)20(9)4/h5-6H,1-4H3,(H,14,15)(H,16,21,22). The van der Waals surface area contributed by atoms with Crippen LogP contribution in [0.25, 0.3) is 11.2 Å². The molecule has 116 valence electrons. The molecule has 0 spiro atoms. The van der Waals surface area contributed by atoms with E-state index < -0.39 is 11.2 Å². The zero-order chi connectivity index (χ0) is 16.0. The van der Waals surface area contributed by atoms with E-state index in [1.54, 1.807) is 29.6 Å². The van der Waals surface area contributed by atoms with Crippen LogP contribution in [0.5, 0.6) is 0 Å². The molecule has 10 nitrogen and oxygen atoms in total. The van der Waals surface area contributed by atoms with E-state index in [1.807, 2.05) is 14.0 Å². The zero-order valence-corrected chi connectivity index (χ0v) is 12.7. The van der Waals surface area contributed by atoms with Crippen LogP contribution < -0.4 is 16.6 Å². The second-order valence-electron chi connectivity index (χ2n) is 5.15. The Morgan fingerprint density at radius 3 is 2.59 bits per heavy atom. The summed E-state index contributed by atoms with van der Waals surface area (Å²) >= 11 is 0. The summed E-state index contributed by atoms with van der Waals surface area (Å²) in [5, 5.41) is 11.0. The first-order valence-electron chi connectivity index (χ1n) is 6.66. The summed E-state index contributed by atoms with van der Waals surface area (Å²) in [6, 6.07) is -0.167. The van der Waals surface area contributed by atoms with Gasteiger partial charge in [0.2, 0.25) is 5.95 Å². The van der Waals surface area contributed by atoms with Gasteiger partial charge in [0.15, 0.2) is 17.0 Å². The quantitative estimate of drug-likeness (QED) is 0.658. The van der Waals surface area contributed by atoms with Gasteiger partial charge in [-0.3, -0.25) is 14.3 Å². The Balaban J connectivity index is 2.09. The van der Waals surface area contributed by atoms with Crippen molar-refractivity contribution in [3.05, 3.63) is 33.0 Å². The molecule has 3 aromatic rings. The zero-order valence-electron chi connectivity index (χ0n) is 12.7. The molecule has 0 saturated carbocycles. The van der Waals surface area contributed by atoms with Gasteiger partial charge < -0.3 is 14.5 Å². The largest absolute Gasteiger partial charge is 0.346 e. The monoisotopic (exact) mass is 304 g/mol. The van der Waals surface area contributed by atoms with Crippen LogP contribution in [-0.4, -0.2) is 33.9 Å². The first kappa shape index (κ1) is 14.0. The van der Waals surface area contributed by atoms with E-state index in [-0.39, 0.29) is 6.04 Å². The Hall–Kier alpha value is -2.91. The van der Waals surface area contributed by atoms with Crippen LogP contribution in [0.3, 0.4) is 0 Å². The van der Waals surface area contributed by atoms with Crippen LogP contribution in [0.4, 0.5) is 5.95 Å². The molecule has 3 heterocycles. The predicted octanol–water partition coefficient (Wildman–Crippen LogP) is -0.738. The van der Waals surface area contributed by atoms with Crippen molar-refractivity contribution in [3.63, 3.8) is 0 Å². The number of nitrogens with one attached hydrogen (secondary N) is 2. The lowest BCUT2D eigenvalue weighted by Crippen LogP contribution is -2.29. The number of imidazole rings is 1. The van der Waals surface area contributed by atoms with Gasteiger partial charge in [-0.25, -0.2) is 4.79 Å². The molecule has 1 unspecified atom stereocenters. The second kappa shape index (κ2) is 4.83. The van der Waals surface area contributed by atoms with Gasteiger partial charge >= 0.3 is 5.69 Å². The molecule has 0 bridgehead atoms. The molecule has 0 aliphatic heterocycles. The van der Waals surface area contributed by atoms with E-state index in [4.69, 9.17) is 0 Å². The number of nitrogens with zero attached hydrogens (tertiary/aromatic N) is 6. The molecule has 3 rings (SSSR count). The van der Waals surface area contributed by atoms with E-state index in [2.05, 4.69) is 25.5 Å². The van der Waals surface area contributed by atoms with Gasteiger partial charge in [0.25, 0.3) is 5.56 Å². The Labute approximate surface area is 124 Å². The summed E-state index contributed by atoms with van der Waals surface area (Å²) in [7, 11) is 5.11. The van der Waals surface area contributed by atoms with Crippen LogP contribution in [0.1, 0.15) is 18.8 Å². The lowest BCUT2D eigenvalue weighted by Gasteiger charge is -2.13. The smallest absolute Gasteiger partial charge is 0.329 e. The fourth-order valence-electron chi connectivity index (χ4n) is 2.38. The molecule has 0 amide bonds. The van der Waals surface area contributed by atoms with Gasteiger partial charge in [0, 0.05) is 21.1 Å². The summed E-state index contributed by atoms with van der Waals surface area (Å²) in [6.07, 6.45) is 1.61. The normalized spacial score (nSPS) is 12.7. The maximum atomic E-state index is 12.0. The Bertz CT molecular complexity index is 960. The second-order valence-corrected chi connectivity index (χ2v) is 5.15. The fraction of sp³-hybridized carbons (Fsp3) is 0.417. The average molecular weight is 304 g/mol. The molecule has 0 aliphatic carbocycles. The minimum Gasteiger partial charge on any atom is -0.346 e. The highest BCUT2D eigenvalue weighted by Gasteiger charge is 2.18. The summed E-state index contributed by atoms with van der Waals surface area (Å²) in [6.45, 7) is 1.91. The summed E-state index contributed by atoms with van der Waals surface area (Å²) in [5.74, 6) is 1.20. The maximum absolute atomic E-state index is 12.0. The van der Waals surface area contributed by atoms with Crippen molar-refractivity contribution >= 4 is 17.1 Å². The first-order chi connectivity index (χ1) is 10.4. The number of rotatable bonds is 3. The molecule has 0 saturated heterocycles. The van der Waals surface area contributed by atoms with E-state index in [0.717, 1.165) is 5.82 Å². The third kappa shape index (κ3) is 2.00. The summed E-state index contributed by atoms with van der Waals surface area (Å²) in [4.78, 5) is 30.2. The van der Waals surface area contributed by atoms with E-state index >= 15 is 0 Å². The van der Waals surface area contributed by atoms with E-state index in [9.17, 15) is 9.59 Å². The molecule has 22 heavy (non-hydrogen) atoms. The van der Waals surface area contributed by atoms with Crippen LogP contribution in [0.15, 0.2) is 15.9 Å². The lowest BCUT2D eigenvalue weighted by atomic mass is 10.3. The third-order valence-corrected chi connectivity index (χ3v) is 3.61. The van der Waals surface area contributed by atoms with Gasteiger partial charge in [0.05, 0.1) is 6.04 Å². The van der Waals surface area contributed by atoms with Gasteiger partial charge in [-0.1, -0.05) is 0 Å². The van der Waals surface area contributed by atoms with Gasteiger partial charge in [-0.05, 0) is 6.92 Å². The van der Waals surface area contributed by atoms with Crippen molar-refractivity contribution in [2.45, 2.75) is 13.0 Å². The molecule has 1 atom stereocenters. The molecule has 0 radical (unpaired) electrons. The molecule has 0 fully saturated rings. The number of hydrogen-bond donors (Lipinski definition) is 2. The lowest BCUT2D eigenvalue weighted by molar-refractivity contribution is 0.707. The fourth-order valence-corrected chi connectivity index (χ4v) is 2.38. The predicted molar refractivity (Wildman–Crippen MR) is 79.6 cm³/mol. The summed E-state index contributed by atoms with van der Waals surface area (Å²) < 4.78 is 4.71. The molecular weight excluding hydrogens is 288 g/mol. The highest BCUT2D eigenvalue weighted by molar-refractivity contribution is 5.73. The van der Waals surface area contributed by atoms with Crippen molar-refractivity contribution in [2.75, 3.05) is 5.32 Å². The Morgan fingerprint density at radius 1 is 1.23 bits per heavy atom. The van der Waals surface area contributed by atoms with Crippen molar-refractivity contribution in [1.82, 2.24) is 33.9 Å². The minimum absolute atomic E-state index is 0.167. The van der Waals surface area contributed by atoms with Crippen molar-refractivity contribution in [2.24, 2.45) is 21.1 Å². The van der Waals surface area contributed by atoms with Gasteiger partial charge in [-0.15, -0.1) is 10.2 Å². The van der Waals surface area contributed by atoms with Gasteiger partial charge in [0.1, 0.15) is 6.33 Å². The van der Waals surface area contributed by atoms with Crippen LogP contribution in [-0.2, 0) is 21.1 Å². The van der Waals surface area contributed by atoms with E-state index in [0.29, 0.717) is 17.1 Å². The average Bonchev–Trinajstić information content (AvgIpc) is 3.01.